The van der Waals surface area contributed by atoms with E-state index in [1.54, 1.807) is 7.11 Å². The number of hydrogen-bond donors (Lipinski definition) is 1. The summed E-state index contributed by atoms with van der Waals surface area (Å²) in [6, 6.07) is 8.84. The maximum atomic E-state index is 5.20. The summed E-state index contributed by atoms with van der Waals surface area (Å²) in [7, 11) is 1.76. The van der Waals surface area contributed by atoms with Gasteiger partial charge in [-0.2, -0.15) is 0 Å². The Morgan fingerprint density at radius 3 is 2.42 bits per heavy atom. The van der Waals surface area contributed by atoms with Gasteiger partial charge in [0.2, 0.25) is 0 Å². The van der Waals surface area contributed by atoms with Crippen LogP contribution in [0.5, 0.6) is 0 Å². The van der Waals surface area contributed by atoms with E-state index in [0.29, 0.717) is 5.92 Å². The Bertz CT molecular complexity index is 335. The second kappa shape index (κ2) is 8.94. The lowest BCUT2D eigenvalue weighted by atomic mass is 10.1. The summed E-state index contributed by atoms with van der Waals surface area (Å²) in [6.07, 6.45) is 0. The van der Waals surface area contributed by atoms with Gasteiger partial charge in [0.1, 0.15) is 0 Å². The predicted molar refractivity (Wildman–Crippen MR) is 82.7 cm³/mol. The molecule has 0 radical (unpaired) electrons. The molecule has 0 aliphatic heterocycles. The predicted octanol–water partition coefficient (Wildman–Crippen LogP) is 2.90. The molecule has 1 aromatic carbocycles. The van der Waals surface area contributed by atoms with Gasteiger partial charge in [-0.25, -0.2) is 0 Å². The van der Waals surface area contributed by atoms with Crippen molar-refractivity contribution in [3.8, 4) is 0 Å². The summed E-state index contributed by atoms with van der Waals surface area (Å²) in [4.78, 5) is 2.39. The van der Waals surface area contributed by atoms with E-state index in [4.69, 9.17) is 4.74 Å². The number of hydrogen-bond acceptors (Lipinski definition) is 3. The fourth-order valence-corrected chi connectivity index (χ4v) is 2.06. The van der Waals surface area contributed by atoms with Gasteiger partial charge < -0.3 is 15.0 Å². The van der Waals surface area contributed by atoms with Crippen molar-refractivity contribution in [2.45, 2.75) is 27.3 Å². The lowest BCUT2D eigenvalue weighted by Gasteiger charge is -2.26. The van der Waals surface area contributed by atoms with E-state index in [-0.39, 0.29) is 0 Å². The molecular formula is C16H28N2O. The van der Waals surface area contributed by atoms with Crippen LogP contribution in [-0.2, 0) is 11.3 Å². The summed E-state index contributed by atoms with van der Waals surface area (Å²) >= 11 is 0. The molecule has 0 bridgehead atoms. The van der Waals surface area contributed by atoms with Crippen molar-refractivity contribution in [1.82, 2.24) is 5.32 Å². The second-order valence-electron chi connectivity index (χ2n) is 5.28. The van der Waals surface area contributed by atoms with E-state index in [1.807, 2.05) is 0 Å². The molecular weight excluding hydrogens is 236 g/mol. The number of nitrogens with zero attached hydrogens (tertiary/aromatic N) is 1. The molecule has 0 fully saturated rings. The second-order valence-corrected chi connectivity index (χ2v) is 5.28. The maximum Gasteiger partial charge on any atom is 0.0637 e. The molecule has 19 heavy (non-hydrogen) atoms. The monoisotopic (exact) mass is 264 g/mol. The summed E-state index contributed by atoms with van der Waals surface area (Å²) in [5.41, 5.74) is 2.62. The van der Waals surface area contributed by atoms with Gasteiger partial charge in [-0.1, -0.05) is 32.9 Å². The minimum absolute atomic E-state index is 0.651. The molecule has 0 saturated heterocycles. The molecule has 0 amide bonds. The highest BCUT2D eigenvalue weighted by molar-refractivity contribution is 5.47. The number of nitrogens with one attached hydrogen (secondary N) is 1. The van der Waals surface area contributed by atoms with Crippen molar-refractivity contribution in [1.29, 1.82) is 0 Å². The molecule has 0 saturated carbocycles. The van der Waals surface area contributed by atoms with Gasteiger partial charge >= 0.3 is 0 Å². The molecule has 0 unspecified atom stereocenters. The van der Waals surface area contributed by atoms with E-state index in [0.717, 1.165) is 32.8 Å². The van der Waals surface area contributed by atoms with Crippen molar-refractivity contribution < 1.29 is 4.74 Å². The van der Waals surface area contributed by atoms with Gasteiger partial charge in [-0.05, 0) is 30.2 Å². The zero-order chi connectivity index (χ0) is 14.1. The van der Waals surface area contributed by atoms with E-state index in [2.05, 4.69) is 55.3 Å². The molecule has 0 atom stereocenters. The third-order valence-corrected chi connectivity index (χ3v) is 3.03. The lowest BCUT2D eigenvalue weighted by Crippen LogP contribution is -2.30. The molecule has 0 aliphatic rings. The van der Waals surface area contributed by atoms with Crippen molar-refractivity contribution in [3.63, 3.8) is 0 Å². The zero-order valence-electron chi connectivity index (χ0n) is 12.8. The Balaban J connectivity index is 2.66. The van der Waals surface area contributed by atoms with Crippen LogP contribution in [0, 0.1) is 5.92 Å². The Morgan fingerprint density at radius 2 is 1.89 bits per heavy atom. The van der Waals surface area contributed by atoms with Crippen LogP contribution < -0.4 is 10.2 Å². The lowest BCUT2D eigenvalue weighted by molar-refractivity contribution is 0.204. The van der Waals surface area contributed by atoms with Gasteiger partial charge in [0.05, 0.1) is 6.61 Å². The Morgan fingerprint density at radius 1 is 1.21 bits per heavy atom. The quantitative estimate of drug-likeness (QED) is 0.742. The average Bonchev–Trinajstić information content (AvgIpc) is 2.41. The van der Waals surface area contributed by atoms with Crippen LogP contribution in [0.1, 0.15) is 26.3 Å². The molecule has 0 heterocycles. The average molecular weight is 264 g/mol. The SMILES string of the molecule is CCNCc1ccc(N(CCOC)CC(C)C)cc1. The first-order valence-electron chi connectivity index (χ1n) is 7.21. The summed E-state index contributed by atoms with van der Waals surface area (Å²) in [5.74, 6) is 0.651. The molecule has 1 N–H and O–H groups in total. The van der Waals surface area contributed by atoms with E-state index in [9.17, 15) is 0 Å². The van der Waals surface area contributed by atoms with Crippen LogP contribution in [0.3, 0.4) is 0 Å². The van der Waals surface area contributed by atoms with Crippen molar-refractivity contribution >= 4 is 5.69 Å². The molecule has 1 aromatic rings. The fraction of sp³-hybridized carbons (Fsp3) is 0.625. The summed E-state index contributed by atoms with van der Waals surface area (Å²) in [6.45, 7) is 11.4. The van der Waals surface area contributed by atoms with E-state index >= 15 is 0 Å². The Labute approximate surface area is 118 Å². The number of ether oxygens (including phenoxy) is 1. The van der Waals surface area contributed by atoms with Crippen molar-refractivity contribution in [2.75, 3.05) is 38.3 Å². The van der Waals surface area contributed by atoms with Crippen LogP contribution in [-0.4, -0.2) is 33.4 Å². The minimum atomic E-state index is 0.651. The first-order chi connectivity index (χ1) is 9.17. The number of methoxy groups -OCH3 is 1. The largest absolute Gasteiger partial charge is 0.383 e. The van der Waals surface area contributed by atoms with Gasteiger partial charge in [0.25, 0.3) is 0 Å². The topological polar surface area (TPSA) is 24.5 Å². The first kappa shape index (κ1) is 16.0. The Kier molecular flexibility index (Phi) is 7.53. The van der Waals surface area contributed by atoms with Gasteiger partial charge in [0.15, 0.2) is 0 Å². The van der Waals surface area contributed by atoms with E-state index in [1.165, 1.54) is 11.3 Å². The van der Waals surface area contributed by atoms with Gasteiger partial charge in [0, 0.05) is 32.4 Å². The Hall–Kier alpha value is -1.06. The molecule has 1 rings (SSSR count). The fourth-order valence-electron chi connectivity index (χ4n) is 2.06. The first-order valence-corrected chi connectivity index (χ1v) is 7.21. The highest BCUT2D eigenvalue weighted by Gasteiger charge is 2.08. The van der Waals surface area contributed by atoms with Gasteiger partial charge in [-0.15, -0.1) is 0 Å². The normalized spacial score (nSPS) is 11.0. The van der Waals surface area contributed by atoms with Crippen LogP contribution in [0.15, 0.2) is 24.3 Å². The summed E-state index contributed by atoms with van der Waals surface area (Å²) < 4.78 is 5.20. The molecule has 3 nitrogen and oxygen atoms in total. The minimum Gasteiger partial charge on any atom is -0.383 e. The number of rotatable bonds is 9. The molecule has 0 aromatic heterocycles. The highest BCUT2D eigenvalue weighted by atomic mass is 16.5. The summed E-state index contributed by atoms with van der Waals surface area (Å²) in [5, 5.41) is 3.35. The van der Waals surface area contributed by atoms with Crippen LogP contribution >= 0.6 is 0 Å². The van der Waals surface area contributed by atoms with E-state index < -0.39 is 0 Å². The van der Waals surface area contributed by atoms with Crippen molar-refractivity contribution in [3.05, 3.63) is 29.8 Å². The van der Waals surface area contributed by atoms with Crippen LogP contribution in [0.2, 0.25) is 0 Å². The number of benzene rings is 1. The van der Waals surface area contributed by atoms with Crippen molar-refractivity contribution in [2.24, 2.45) is 5.92 Å². The van der Waals surface area contributed by atoms with Crippen LogP contribution in [0.25, 0.3) is 0 Å². The molecule has 0 aliphatic carbocycles. The zero-order valence-corrected chi connectivity index (χ0v) is 12.8. The molecule has 3 heteroatoms. The number of anilines is 1. The third-order valence-electron chi connectivity index (χ3n) is 3.03. The molecule has 108 valence electrons. The smallest absolute Gasteiger partial charge is 0.0637 e. The highest BCUT2D eigenvalue weighted by Crippen LogP contribution is 2.16. The van der Waals surface area contributed by atoms with Gasteiger partial charge in [-0.3, -0.25) is 0 Å². The third kappa shape index (κ3) is 6.08. The standard InChI is InChI=1S/C16H28N2O/c1-5-17-12-15-6-8-16(9-7-15)18(10-11-19-4)13-14(2)3/h6-9,14,17H,5,10-13H2,1-4H3. The van der Waals surface area contributed by atoms with Crippen LogP contribution in [0.4, 0.5) is 5.69 Å². The maximum absolute atomic E-state index is 5.20. The molecule has 0 spiro atoms.